The Balaban J connectivity index is 0.000000577. The number of benzene rings is 6. The van der Waals surface area contributed by atoms with Crippen LogP contribution < -0.4 is 30.6 Å². The van der Waals surface area contributed by atoms with Crippen molar-refractivity contribution in [3.63, 3.8) is 0 Å². The molecule has 20 nitrogen and oxygen atoms in total. The molecule has 0 atom stereocenters. The minimum Gasteiger partial charge on any atom is -0.545 e. The second-order valence-corrected chi connectivity index (χ2v) is 25.9. The fourth-order valence-corrected chi connectivity index (χ4v) is 9.17. The Kier molecular flexibility index (Phi) is 47.6. The molecule has 0 saturated heterocycles. The molecule has 100 heavy (non-hydrogen) atoms. The first-order valence-corrected chi connectivity index (χ1v) is 33.9. The van der Waals surface area contributed by atoms with Gasteiger partial charge in [0.15, 0.2) is 0 Å². The zero-order valence-electron chi connectivity index (χ0n) is 50.9. The van der Waals surface area contributed by atoms with Crippen molar-refractivity contribution in [3.05, 3.63) is 334 Å². The molecule has 0 spiro atoms. The summed E-state index contributed by atoms with van der Waals surface area (Å²) in [5.74, 6) is -6.77. The van der Waals surface area contributed by atoms with Crippen molar-refractivity contribution in [3.8, 4) is 45.6 Å². The van der Waals surface area contributed by atoms with E-state index in [1.807, 2.05) is 109 Å². The second-order valence-electron chi connectivity index (χ2n) is 18.4. The first kappa shape index (κ1) is 92.4. The van der Waals surface area contributed by atoms with E-state index in [-0.39, 0.29) is 138 Å². The van der Waals surface area contributed by atoms with Gasteiger partial charge in [-0.1, -0.05) is 109 Å². The third-order valence-corrected chi connectivity index (χ3v) is 16.0. The van der Waals surface area contributed by atoms with Gasteiger partial charge in [-0.3, -0.25) is 19.9 Å². The van der Waals surface area contributed by atoms with Crippen LogP contribution >= 0.6 is 136 Å². The van der Waals surface area contributed by atoms with Gasteiger partial charge in [0.2, 0.25) is 0 Å². The quantitative estimate of drug-likeness (QED) is 0.115. The van der Waals surface area contributed by atoms with E-state index in [2.05, 4.69) is 165 Å². The average molecular weight is 2330 g/mol. The van der Waals surface area contributed by atoms with E-state index in [1.165, 1.54) is 72.8 Å². The molecule has 28 heteroatoms. The van der Waals surface area contributed by atoms with Crippen molar-refractivity contribution in [2.45, 2.75) is 0 Å². The van der Waals surface area contributed by atoms with Gasteiger partial charge in [0, 0.05) is 46.2 Å². The Hall–Kier alpha value is -5.62. The molecule has 6 aromatic heterocycles. The van der Waals surface area contributed by atoms with Crippen LogP contribution in [0.3, 0.4) is 0 Å². The van der Waals surface area contributed by atoms with Crippen molar-refractivity contribution >= 4 is 171 Å². The number of carboxylic acids is 6. The van der Waals surface area contributed by atoms with E-state index >= 15 is 0 Å². The third kappa shape index (κ3) is 36.0. The molecule has 0 fully saturated rings. The van der Waals surface area contributed by atoms with Crippen molar-refractivity contribution in [1.82, 2.24) is 29.9 Å². The fourth-order valence-electron chi connectivity index (χ4n) is 7.01. The zero-order valence-corrected chi connectivity index (χ0v) is 67.3. The summed E-state index contributed by atoms with van der Waals surface area (Å²) in [4.78, 5) is 87.6. The van der Waals surface area contributed by atoms with Gasteiger partial charge in [-0.05, 0) is 315 Å². The molecule has 6 heterocycles. The SMILES string of the molecule is O.O.O=C([O-])c1ccc(I)cc1.O=C([O-])c1ccc(I)cc1.O=C([O-])c1ccc(I)cc1.O=C([O-])c1ccc(I)cc1.O=C([O-])c1ccc(I)cc1.O=C([O-])c1ccc(I)cc1.[Yb+3].[Yb+3].c1ccc(-c2cccc(-c3ccccn3)n2)nc1.c1ccc(-c2cccc(-c3ccccn3)n2)nc1. The van der Waals surface area contributed by atoms with Crippen LogP contribution in [0.5, 0.6) is 0 Å². The molecule has 0 aliphatic carbocycles. The standard InChI is InChI=1S/2C15H11N3.6C7H5IO2.2H2O.2Yb/c2*1-3-10-16-12(6-1)14-8-5-9-15(18-14)13-7-2-4-11-17-13;6*8-6-3-1-5(2-4-6)7(9)10;;;;/h2*1-11H;6*1-4H,(H,9,10);2*1H2;;/q;;;;;;;;;;2*+3/p-6. The van der Waals surface area contributed by atoms with Gasteiger partial charge in [0.05, 0.1) is 81.4 Å². The molecule has 0 aliphatic heterocycles. The Morgan fingerprint density at radius 2 is 0.350 bits per heavy atom. The molecule has 0 saturated carbocycles. The van der Waals surface area contributed by atoms with E-state index < -0.39 is 35.8 Å². The summed E-state index contributed by atoms with van der Waals surface area (Å²) in [6.45, 7) is 0. The van der Waals surface area contributed by atoms with Crippen LogP contribution in [0.1, 0.15) is 62.1 Å². The summed E-state index contributed by atoms with van der Waals surface area (Å²) >= 11 is 12.6. The van der Waals surface area contributed by atoms with Crippen LogP contribution in [0.25, 0.3) is 45.6 Å². The number of rotatable bonds is 10. The predicted octanol–water partition coefficient (Wildman–Crippen LogP) is 8.69. The van der Waals surface area contributed by atoms with Crippen molar-refractivity contribution < 1.29 is 164 Å². The number of pyridine rings is 6. The number of aromatic carboxylic acids is 6. The Morgan fingerprint density at radius 1 is 0.210 bits per heavy atom. The smallest absolute Gasteiger partial charge is 0.545 e. The minimum atomic E-state index is -1.13. The van der Waals surface area contributed by atoms with Gasteiger partial charge in [-0.15, -0.1) is 0 Å². The maximum atomic E-state index is 10.2. The third-order valence-electron chi connectivity index (χ3n) is 11.7. The van der Waals surface area contributed by atoms with E-state index in [9.17, 15) is 59.4 Å². The molecule has 6 aromatic carbocycles. The summed E-state index contributed by atoms with van der Waals surface area (Å²) < 4.78 is 6.10. The first-order valence-electron chi connectivity index (χ1n) is 27.5. The second kappa shape index (κ2) is 51.5. The maximum Gasteiger partial charge on any atom is 3.00 e. The van der Waals surface area contributed by atoms with Crippen molar-refractivity contribution in [1.29, 1.82) is 0 Å². The van der Waals surface area contributed by atoms with Crippen LogP contribution in [0.15, 0.2) is 280 Å². The van der Waals surface area contributed by atoms with Gasteiger partial charge >= 0.3 is 93.8 Å². The van der Waals surface area contributed by atoms with Crippen molar-refractivity contribution in [2.24, 2.45) is 0 Å². The van der Waals surface area contributed by atoms with Gasteiger partial charge in [0.25, 0.3) is 0 Å². The topological polar surface area (TPSA) is 381 Å². The number of nitrogens with zero attached hydrogens (tertiary/aromatic N) is 6. The van der Waals surface area contributed by atoms with E-state index in [0.717, 1.165) is 67.0 Å². The molecule has 522 valence electrons. The molecular weight excluding hydrogens is 2280 g/mol. The fraction of sp³-hybridized carbons (Fsp3) is 0. The zero-order chi connectivity index (χ0) is 69.8. The summed E-state index contributed by atoms with van der Waals surface area (Å²) in [6, 6.07) is 74.0. The summed E-state index contributed by atoms with van der Waals surface area (Å²) in [7, 11) is 0. The number of hydrogen-bond acceptors (Lipinski definition) is 18. The van der Waals surface area contributed by atoms with Crippen LogP contribution in [0, 0.1) is 115 Å². The van der Waals surface area contributed by atoms with E-state index in [4.69, 9.17) is 0 Å². The maximum absolute atomic E-state index is 10.2. The van der Waals surface area contributed by atoms with E-state index in [1.54, 1.807) is 97.6 Å². The number of carbonyl (C=O) groups is 6. The van der Waals surface area contributed by atoms with Crippen LogP contribution in [0.2, 0.25) is 0 Å². The minimum absolute atomic E-state index is 0. The van der Waals surface area contributed by atoms with E-state index in [0.29, 0.717) is 0 Å². The molecule has 12 rings (SSSR count). The van der Waals surface area contributed by atoms with Gasteiger partial charge < -0.3 is 70.4 Å². The molecule has 0 aliphatic rings. The number of carbonyl (C=O) groups excluding carboxylic acids is 6. The van der Waals surface area contributed by atoms with Crippen LogP contribution in [-0.2, 0) is 0 Å². The van der Waals surface area contributed by atoms with Crippen molar-refractivity contribution in [2.75, 3.05) is 0 Å². The summed E-state index contributed by atoms with van der Waals surface area (Å²) in [5, 5.41) is 61.2. The number of halogens is 6. The van der Waals surface area contributed by atoms with Gasteiger partial charge in [0.1, 0.15) is 0 Å². The molecular formula is C72H50I6N6O14Yb2. The molecule has 2 radical (unpaired) electrons. The largest absolute Gasteiger partial charge is 3.00 e. The van der Waals surface area contributed by atoms with Gasteiger partial charge in [-0.2, -0.15) is 0 Å². The molecule has 0 unspecified atom stereocenters. The Labute approximate surface area is 733 Å². The summed E-state index contributed by atoms with van der Waals surface area (Å²) in [5.41, 5.74) is 8.26. The Bertz CT molecular complexity index is 3750. The molecule has 12 aromatic rings. The first-order chi connectivity index (χ1) is 46.1. The normalized spacial score (nSPS) is 9.26. The number of aromatic nitrogens is 6. The van der Waals surface area contributed by atoms with Crippen LogP contribution in [-0.4, -0.2) is 76.7 Å². The molecule has 0 bridgehead atoms. The predicted molar refractivity (Wildman–Crippen MR) is 410 cm³/mol. The van der Waals surface area contributed by atoms with Crippen LogP contribution in [0.4, 0.5) is 0 Å². The average Bonchev–Trinajstić information content (AvgIpc) is 0.848. The van der Waals surface area contributed by atoms with Gasteiger partial charge in [-0.25, -0.2) is 9.97 Å². The monoisotopic (exact) mass is 2330 g/mol. The number of hydrogen-bond donors (Lipinski definition) is 0. The summed E-state index contributed by atoms with van der Waals surface area (Å²) in [6.07, 6.45) is 7.07. The molecule has 4 N–H and O–H groups in total. The number of carboxylic acid groups (broad SMARTS) is 6. The Morgan fingerprint density at radius 3 is 0.470 bits per heavy atom. The molecule has 0 amide bonds.